The molecule has 1 aliphatic carbocycles. The molecule has 1 heterocycles. The second kappa shape index (κ2) is 4.13. The minimum absolute atomic E-state index is 0.665. The van der Waals surface area contributed by atoms with E-state index in [4.69, 9.17) is 5.73 Å². The van der Waals surface area contributed by atoms with E-state index >= 15 is 0 Å². The largest absolute Gasteiger partial charge is 0.338 e. The standard InChI is InChI=1S/C11H19N3/c1-14-7-6-13-11(14)10-4-2-9(8-12)3-5-10/h6-7,9-10H,2-5,8,12H2,1H3. The van der Waals surface area contributed by atoms with Crippen molar-refractivity contribution in [1.29, 1.82) is 0 Å². The third-order valence-corrected chi connectivity index (χ3v) is 3.40. The van der Waals surface area contributed by atoms with Crippen LogP contribution in [0.5, 0.6) is 0 Å². The van der Waals surface area contributed by atoms with Gasteiger partial charge in [0.25, 0.3) is 0 Å². The predicted molar refractivity (Wildman–Crippen MR) is 57.0 cm³/mol. The maximum atomic E-state index is 5.68. The molecule has 2 rings (SSSR count). The minimum Gasteiger partial charge on any atom is -0.338 e. The first-order valence-corrected chi connectivity index (χ1v) is 5.48. The van der Waals surface area contributed by atoms with E-state index in [2.05, 4.69) is 16.6 Å². The lowest BCUT2D eigenvalue weighted by atomic mass is 9.81. The third kappa shape index (κ3) is 1.82. The Hall–Kier alpha value is -0.830. The van der Waals surface area contributed by atoms with Crippen LogP contribution in [0.3, 0.4) is 0 Å². The SMILES string of the molecule is Cn1ccnc1C1CCC(CN)CC1. The first kappa shape index (κ1) is 9.71. The molecule has 3 heteroatoms. The predicted octanol–water partition coefficient (Wildman–Crippen LogP) is 1.65. The van der Waals surface area contributed by atoms with Crippen molar-refractivity contribution in [1.82, 2.24) is 9.55 Å². The zero-order valence-electron chi connectivity index (χ0n) is 8.82. The van der Waals surface area contributed by atoms with Gasteiger partial charge in [-0.05, 0) is 38.1 Å². The molecule has 0 radical (unpaired) electrons. The molecule has 0 aromatic carbocycles. The minimum atomic E-state index is 0.665. The molecule has 0 spiro atoms. The Balaban J connectivity index is 1.99. The number of nitrogens with zero attached hydrogens (tertiary/aromatic N) is 2. The van der Waals surface area contributed by atoms with Crippen LogP contribution in [0.2, 0.25) is 0 Å². The average Bonchev–Trinajstić information content (AvgIpc) is 2.65. The molecule has 3 nitrogen and oxygen atoms in total. The lowest BCUT2D eigenvalue weighted by molar-refractivity contribution is 0.322. The van der Waals surface area contributed by atoms with E-state index in [-0.39, 0.29) is 0 Å². The zero-order valence-corrected chi connectivity index (χ0v) is 8.82. The van der Waals surface area contributed by atoms with Crippen molar-refractivity contribution in [2.24, 2.45) is 18.7 Å². The number of nitrogens with two attached hydrogens (primary N) is 1. The van der Waals surface area contributed by atoms with Crippen molar-refractivity contribution < 1.29 is 0 Å². The fraction of sp³-hybridized carbons (Fsp3) is 0.727. The molecule has 1 aliphatic rings. The maximum absolute atomic E-state index is 5.68. The van der Waals surface area contributed by atoms with Crippen LogP contribution in [-0.4, -0.2) is 16.1 Å². The molecule has 0 aliphatic heterocycles. The Labute approximate surface area is 85.3 Å². The Morgan fingerprint density at radius 3 is 2.64 bits per heavy atom. The lowest BCUT2D eigenvalue weighted by Crippen LogP contribution is -2.21. The van der Waals surface area contributed by atoms with Gasteiger partial charge in [0.15, 0.2) is 0 Å². The van der Waals surface area contributed by atoms with Gasteiger partial charge in [0.05, 0.1) is 0 Å². The normalized spacial score (nSPS) is 27.9. The second-order valence-electron chi connectivity index (χ2n) is 4.35. The van der Waals surface area contributed by atoms with Gasteiger partial charge < -0.3 is 10.3 Å². The van der Waals surface area contributed by atoms with Crippen LogP contribution >= 0.6 is 0 Å². The van der Waals surface area contributed by atoms with Crippen molar-refractivity contribution in [3.63, 3.8) is 0 Å². The summed E-state index contributed by atoms with van der Waals surface area (Å²) in [6, 6.07) is 0. The van der Waals surface area contributed by atoms with Gasteiger partial charge in [-0.3, -0.25) is 0 Å². The maximum Gasteiger partial charge on any atom is 0.111 e. The van der Waals surface area contributed by atoms with Gasteiger partial charge in [0.1, 0.15) is 5.82 Å². The highest BCUT2D eigenvalue weighted by Gasteiger charge is 2.23. The summed E-state index contributed by atoms with van der Waals surface area (Å²) >= 11 is 0. The van der Waals surface area contributed by atoms with Gasteiger partial charge in [0, 0.05) is 25.4 Å². The molecule has 1 aromatic rings. The number of rotatable bonds is 2. The first-order valence-electron chi connectivity index (χ1n) is 5.48. The summed E-state index contributed by atoms with van der Waals surface area (Å²) in [5.74, 6) is 2.67. The van der Waals surface area contributed by atoms with Crippen molar-refractivity contribution in [2.45, 2.75) is 31.6 Å². The van der Waals surface area contributed by atoms with E-state index in [1.807, 2.05) is 12.4 Å². The molecule has 14 heavy (non-hydrogen) atoms. The number of aryl methyl sites for hydroxylation is 1. The molecule has 0 atom stereocenters. The highest BCUT2D eigenvalue weighted by atomic mass is 15.0. The van der Waals surface area contributed by atoms with Crippen molar-refractivity contribution in [3.05, 3.63) is 18.2 Å². The van der Waals surface area contributed by atoms with Crippen LogP contribution in [0.25, 0.3) is 0 Å². The van der Waals surface area contributed by atoms with E-state index in [1.165, 1.54) is 31.5 Å². The van der Waals surface area contributed by atoms with Crippen LogP contribution in [0.4, 0.5) is 0 Å². The highest BCUT2D eigenvalue weighted by Crippen LogP contribution is 2.34. The third-order valence-electron chi connectivity index (χ3n) is 3.40. The van der Waals surface area contributed by atoms with Gasteiger partial charge in [-0.15, -0.1) is 0 Å². The Bertz CT molecular complexity index is 284. The summed E-state index contributed by atoms with van der Waals surface area (Å²) < 4.78 is 2.15. The van der Waals surface area contributed by atoms with Gasteiger partial charge in [-0.1, -0.05) is 0 Å². The number of hydrogen-bond acceptors (Lipinski definition) is 2. The quantitative estimate of drug-likeness (QED) is 0.776. The fourth-order valence-electron chi connectivity index (χ4n) is 2.43. The Morgan fingerprint density at radius 1 is 1.43 bits per heavy atom. The van der Waals surface area contributed by atoms with Crippen molar-refractivity contribution in [2.75, 3.05) is 6.54 Å². The van der Waals surface area contributed by atoms with E-state index in [0.717, 1.165) is 12.5 Å². The van der Waals surface area contributed by atoms with E-state index < -0.39 is 0 Å². The second-order valence-corrected chi connectivity index (χ2v) is 4.35. The average molecular weight is 193 g/mol. The van der Waals surface area contributed by atoms with E-state index in [1.54, 1.807) is 0 Å². The monoisotopic (exact) mass is 193 g/mol. The molecular weight excluding hydrogens is 174 g/mol. The lowest BCUT2D eigenvalue weighted by Gasteiger charge is -2.27. The first-order chi connectivity index (χ1) is 6.81. The van der Waals surface area contributed by atoms with Crippen molar-refractivity contribution >= 4 is 0 Å². The van der Waals surface area contributed by atoms with Crippen LogP contribution in [0.1, 0.15) is 37.4 Å². The Morgan fingerprint density at radius 2 is 2.14 bits per heavy atom. The molecule has 0 saturated heterocycles. The molecule has 0 unspecified atom stereocenters. The summed E-state index contributed by atoms with van der Waals surface area (Å²) in [4.78, 5) is 4.42. The van der Waals surface area contributed by atoms with Gasteiger partial charge in [-0.2, -0.15) is 0 Å². The number of hydrogen-bond donors (Lipinski definition) is 1. The van der Waals surface area contributed by atoms with Gasteiger partial charge in [0.2, 0.25) is 0 Å². The fourth-order valence-corrected chi connectivity index (χ4v) is 2.43. The van der Waals surface area contributed by atoms with Crippen LogP contribution in [0.15, 0.2) is 12.4 Å². The summed E-state index contributed by atoms with van der Waals surface area (Å²) in [5.41, 5.74) is 5.68. The summed E-state index contributed by atoms with van der Waals surface area (Å²) in [5, 5.41) is 0. The topological polar surface area (TPSA) is 43.8 Å². The van der Waals surface area contributed by atoms with Crippen LogP contribution in [0, 0.1) is 5.92 Å². The summed E-state index contributed by atoms with van der Waals surface area (Å²) in [6.07, 6.45) is 8.98. The number of imidazole rings is 1. The highest BCUT2D eigenvalue weighted by molar-refractivity contribution is 5.01. The molecule has 0 bridgehead atoms. The van der Waals surface area contributed by atoms with Crippen molar-refractivity contribution in [3.8, 4) is 0 Å². The molecule has 0 amide bonds. The Kier molecular flexibility index (Phi) is 2.87. The van der Waals surface area contributed by atoms with E-state index in [0.29, 0.717) is 5.92 Å². The zero-order chi connectivity index (χ0) is 9.97. The molecule has 1 saturated carbocycles. The summed E-state index contributed by atoms with van der Waals surface area (Å²) in [6.45, 7) is 0.854. The number of aromatic nitrogens is 2. The van der Waals surface area contributed by atoms with Gasteiger partial charge >= 0.3 is 0 Å². The van der Waals surface area contributed by atoms with Crippen LogP contribution in [-0.2, 0) is 7.05 Å². The molecule has 78 valence electrons. The summed E-state index contributed by atoms with van der Waals surface area (Å²) in [7, 11) is 2.08. The van der Waals surface area contributed by atoms with Gasteiger partial charge in [-0.25, -0.2) is 4.98 Å². The van der Waals surface area contributed by atoms with Crippen LogP contribution < -0.4 is 5.73 Å². The van der Waals surface area contributed by atoms with E-state index in [9.17, 15) is 0 Å². The molecule has 2 N–H and O–H groups in total. The molecule has 1 aromatic heterocycles. The molecule has 1 fully saturated rings. The smallest absolute Gasteiger partial charge is 0.111 e. The molecular formula is C11H19N3.